The molecule has 0 saturated carbocycles. The molecule has 0 aliphatic carbocycles. The fourth-order valence-electron chi connectivity index (χ4n) is 3.13. The Morgan fingerprint density at radius 2 is 1.69 bits per heavy atom. The third kappa shape index (κ3) is 3.85. The van der Waals surface area contributed by atoms with E-state index in [1.807, 2.05) is 38.1 Å². The molecule has 2 aromatic heterocycles. The molecule has 0 saturated heterocycles. The number of benzene rings is 2. The Balaban J connectivity index is 1.59. The SMILES string of the molecule is Cc1ccc(C(C)NC(=O)c2ccn3c(-c4cc(F)cc(F)c4)nnc3c2)cc1. The number of rotatable bonds is 4. The average Bonchev–Trinajstić information content (AvgIpc) is 3.11. The Morgan fingerprint density at radius 1 is 1.00 bits per heavy atom. The highest BCUT2D eigenvalue weighted by atomic mass is 19.1. The van der Waals surface area contributed by atoms with Gasteiger partial charge in [-0.3, -0.25) is 9.20 Å². The molecule has 0 fully saturated rings. The second-order valence-electron chi connectivity index (χ2n) is 6.93. The number of fused-ring (bicyclic) bond motifs is 1. The number of hydrogen-bond donors (Lipinski definition) is 1. The van der Waals surface area contributed by atoms with Gasteiger partial charge < -0.3 is 5.32 Å². The smallest absolute Gasteiger partial charge is 0.251 e. The van der Waals surface area contributed by atoms with E-state index in [-0.39, 0.29) is 17.5 Å². The van der Waals surface area contributed by atoms with Gasteiger partial charge in [0, 0.05) is 23.4 Å². The van der Waals surface area contributed by atoms with Crippen molar-refractivity contribution >= 4 is 11.6 Å². The van der Waals surface area contributed by atoms with E-state index in [1.165, 1.54) is 12.1 Å². The molecule has 1 amide bonds. The van der Waals surface area contributed by atoms with Gasteiger partial charge in [0.25, 0.3) is 5.91 Å². The Morgan fingerprint density at radius 3 is 2.38 bits per heavy atom. The Kier molecular flexibility index (Phi) is 4.80. The van der Waals surface area contributed by atoms with Crippen molar-refractivity contribution in [2.24, 2.45) is 0 Å². The van der Waals surface area contributed by atoms with Crippen molar-refractivity contribution < 1.29 is 13.6 Å². The van der Waals surface area contributed by atoms with Crippen molar-refractivity contribution in [1.29, 1.82) is 0 Å². The summed E-state index contributed by atoms with van der Waals surface area (Å²) in [5, 5.41) is 11.0. The molecule has 1 atom stereocenters. The summed E-state index contributed by atoms with van der Waals surface area (Å²) in [5.41, 5.74) is 3.24. The maximum Gasteiger partial charge on any atom is 0.251 e. The molecule has 146 valence electrons. The molecule has 0 radical (unpaired) electrons. The van der Waals surface area contributed by atoms with Gasteiger partial charge in [-0.05, 0) is 43.7 Å². The zero-order chi connectivity index (χ0) is 20.5. The largest absolute Gasteiger partial charge is 0.346 e. The summed E-state index contributed by atoms with van der Waals surface area (Å²) in [6, 6.07) is 14.2. The molecule has 0 aliphatic heterocycles. The number of amides is 1. The number of aromatic nitrogens is 3. The number of nitrogens with zero attached hydrogens (tertiary/aromatic N) is 3. The maximum absolute atomic E-state index is 13.5. The van der Waals surface area contributed by atoms with Crippen LogP contribution < -0.4 is 5.32 Å². The summed E-state index contributed by atoms with van der Waals surface area (Å²) in [4.78, 5) is 12.6. The van der Waals surface area contributed by atoms with Crippen LogP contribution in [0.15, 0.2) is 60.8 Å². The molecular formula is C22H18F2N4O. The minimum atomic E-state index is -0.696. The summed E-state index contributed by atoms with van der Waals surface area (Å²) in [7, 11) is 0. The minimum Gasteiger partial charge on any atom is -0.346 e. The third-order valence-electron chi connectivity index (χ3n) is 4.72. The number of hydrogen-bond acceptors (Lipinski definition) is 3. The van der Waals surface area contributed by atoms with Crippen LogP contribution in [0.3, 0.4) is 0 Å². The number of nitrogens with one attached hydrogen (secondary N) is 1. The minimum absolute atomic E-state index is 0.164. The summed E-state index contributed by atoms with van der Waals surface area (Å²) >= 11 is 0. The van der Waals surface area contributed by atoms with Gasteiger partial charge in [-0.2, -0.15) is 0 Å². The number of aryl methyl sites for hydroxylation is 1. The van der Waals surface area contributed by atoms with Gasteiger partial charge in [-0.25, -0.2) is 8.78 Å². The highest BCUT2D eigenvalue weighted by Gasteiger charge is 2.15. The molecule has 2 aromatic carbocycles. The second kappa shape index (κ2) is 7.43. The number of carbonyl (C=O) groups excluding carboxylic acids is 1. The van der Waals surface area contributed by atoms with Crippen LogP contribution in [-0.4, -0.2) is 20.5 Å². The van der Waals surface area contributed by atoms with Gasteiger partial charge in [-0.1, -0.05) is 29.8 Å². The molecule has 0 spiro atoms. The first-order valence-corrected chi connectivity index (χ1v) is 9.09. The van der Waals surface area contributed by atoms with Crippen molar-refractivity contribution in [3.8, 4) is 11.4 Å². The number of pyridine rings is 1. The van der Waals surface area contributed by atoms with Crippen molar-refractivity contribution in [3.05, 3.63) is 89.1 Å². The quantitative estimate of drug-likeness (QED) is 0.557. The van der Waals surface area contributed by atoms with E-state index in [0.717, 1.165) is 17.2 Å². The van der Waals surface area contributed by atoms with Crippen molar-refractivity contribution in [2.45, 2.75) is 19.9 Å². The first-order valence-electron chi connectivity index (χ1n) is 9.09. The van der Waals surface area contributed by atoms with E-state index in [4.69, 9.17) is 0 Å². The van der Waals surface area contributed by atoms with Crippen LogP contribution in [0.25, 0.3) is 17.0 Å². The van der Waals surface area contributed by atoms with E-state index >= 15 is 0 Å². The zero-order valence-corrected chi connectivity index (χ0v) is 15.9. The molecule has 1 unspecified atom stereocenters. The van der Waals surface area contributed by atoms with Crippen LogP contribution in [0, 0.1) is 18.6 Å². The van der Waals surface area contributed by atoms with Crippen LogP contribution in [0.2, 0.25) is 0 Å². The van der Waals surface area contributed by atoms with Gasteiger partial charge in [-0.15, -0.1) is 10.2 Å². The summed E-state index contributed by atoms with van der Waals surface area (Å²) < 4.78 is 28.6. The van der Waals surface area contributed by atoms with E-state index in [2.05, 4.69) is 15.5 Å². The molecule has 2 heterocycles. The van der Waals surface area contributed by atoms with Gasteiger partial charge in [0.1, 0.15) is 11.6 Å². The zero-order valence-electron chi connectivity index (χ0n) is 15.9. The molecule has 0 bridgehead atoms. The highest BCUT2D eigenvalue weighted by molar-refractivity contribution is 5.95. The fourth-order valence-corrected chi connectivity index (χ4v) is 3.13. The van der Waals surface area contributed by atoms with Gasteiger partial charge in [0.2, 0.25) is 0 Å². The molecule has 4 rings (SSSR count). The maximum atomic E-state index is 13.5. The molecule has 4 aromatic rings. The van der Waals surface area contributed by atoms with E-state index in [0.29, 0.717) is 17.0 Å². The monoisotopic (exact) mass is 392 g/mol. The van der Waals surface area contributed by atoms with Gasteiger partial charge in [0.05, 0.1) is 6.04 Å². The van der Waals surface area contributed by atoms with Crippen LogP contribution in [0.5, 0.6) is 0 Å². The fraction of sp³-hybridized carbons (Fsp3) is 0.136. The topological polar surface area (TPSA) is 59.3 Å². The van der Waals surface area contributed by atoms with Crippen molar-refractivity contribution in [2.75, 3.05) is 0 Å². The Bertz CT molecular complexity index is 1180. The lowest BCUT2D eigenvalue weighted by Crippen LogP contribution is -2.26. The molecule has 0 aliphatic rings. The van der Waals surface area contributed by atoms with E-state index in [1.54, 1.807) is 22.7 Å². The van der Waals surface area contributed by atoms with Crippen molar-refractivity contribution in [1.82, 2.24) is 19.9 Å². The lowest BCUT2D eigenvalue weighted by atomic mass is 10.1. The predicted molar refractivity (Wildman–Crippen MR) is 105 cm³/mol. The highest BCUT2D eigenvalue weighted by Crippen LogP contribution is 2.21. The average molecular weight is 392 g/mol. The Hall–Kier alpha value is -3.61. The number of carbonyl (C=O) groups is 1. The number of halogens is 2. The first kappa shape index (κ1) is 18.7. The first-order chi connectivity index (χ1) is 13.9. The molecule has 5 nitrogen and oxygen atoms in total. The standard InChI is InChI=1S/C22H18F2N4O/c1-13-3-5-15(6-4-13)14(2)25-22(29)16-7-8-28-20(11-16)26-27-21(28)17-9-18(23)12-19(24)10-17/h3-12,14H,1-2H3,(H,25,29). The second-order valence-corrected chi connectivity index (χ2v) is 6.93. The van der Waals surface area contributed by atoms with Crippen LogP contribution >= 0.6 is 0 Å². The summed E-state index contributed by atoms with van der Waals surface area (Å²) in [6.45, 7) is 3.92. The van der Waals surface area contributed by atoms with E-state index < -0.39 is 11.6 Å². The lowest BCUT2D eigenvalue weighted by molar-refractivity contribution is 0.0940. The molecule has 1 N–H and O–H groups in total. The normalized spacial score (nSPS) is 12.1. The molecular weight excluding hydrogens is 374 g/mol. The predicted octanol–water partition coefficient (Wildman–Crippen LogP) is 4.47. The molecule has 7 heteroatoms. The van der Waals surface area contributed by atoms with Crippen molar-refractivity contribution in [3.63, 3.8) is 0 Å². The summed E-state index contributed by atoms with van der Waals surface area (Å²) in [6.07, 6.45) is 1.61. The Labute approximate surface area is 166 Å². The summed E-state index contributed by atoms with van der Waals surface area (Å²) in [5.74, 6) is -1.35. The van der Waals surface area contributed by atoms with Crippen LogP contribution in [0.1, 0.15) is 34.5 Å². The molecule has 29 heavy (non-hydrogen) atoms. The lowest BCUT2D eigenvalue weighted by Gasteiger charge is -2.14. The van der Waals surface area contributed by atoms with E-state index in [9.17, 15) is 13.6 Å². The van der Waals surface area contributed by atoms with Gasteiger partial charge in [0.15, 0.2) is 11.5 Å². The van der Waals surface area contributed by atoms with Crippen LogP contribution in [-0.2, 0) is 0 Å². The van der Waals surface area contributed by atoms with Gasteiger partial charge >= 0.3 is 0 Å². The third-order valence-corrected chi connectivity index (χ3v) is 4.72. The van der Waals surface area contributed by atoms with Crippen LogP contribution in [0.4, 0.5) is 8.78 Å².